The van der Waals surface area contributed by atoms with Crippen LogP contribution >= 0.6 is 0 Å². The minimum atomic E-state index is -0.199. The van der Waals surface area contributed by atoms with Crippen LogP contribution in [-0.4, -0.2) is 34.1 Å². The molecule has 116 valence electrons. The van der Waals surface area contributed by atoms with Gasteiger partial charge in [0, 0.05) is 30.6 Å². The van der Waals surface area contributed by atoms with Crippen LogP contribution in [0.3, 0.4) is 0 Å². The number of carbonyl (C=O) groups excluding carboxylic acids is 1. The number of aromatic amines is 1. The third-order valence-electron chi connectivity index (χ3n) is 4.28. The van der Waals surface area contributed by atoms with Crippen molar-refractivity contribution >= 4 is 5.91 Å². The summed E-state index contributed by atoms with van der Waals surface area (Å²) in [5, 5.41) is 7.33. The molecule has 1 aliphatic rings. The van der Waals surface area contributed by atoms with Crippen LogP contribution in [0.4, 0.5) is 0 Å². The number of carbonyl (C=O) groups is 1. The van der Waals surface area contributed by atoms with E-state index < -0.39 is 0 Å². The Morgan fingerprint density at radius 1 is 1.50 bits per heavy atom. The van der Waals surface area contributed by atoms with Crippen LogP contribution < -0.4 is 5.73 Å². The molecule has 5 nitrogen and oxygen atoms in total. The van der Waals surface area contributed by atoms with E-state index in [2.05, 4.69) is 46.3 Å². The van der Waals surface area contributed by atoms with Crippen molar-refractivity contribution in [3.8, 4) is 11.3 Å². The van der Waals surface area contributed by atoms with Crippen molar-refractivity contribution in [2.75, 3.05) is 13.1 Å². The molecule has 5 heteroatoms. The predicted octanol–water partition coefficient (Wildman–Crippen LogP) is 2.08. The van der Waals surface area contributed by atoms with Crippen LogP contribution in [0.2, 0.25) is 0 Å². The van der Waals surface area contributed by atoms with Crippen molar-refractivity contribution in [3.05, 3.63) is 41.6 Å². The maximum Gasteiger partial charge on any atom is 0.217 e. The summed E-state index contributed by atoms with van der Waals surface area (Å²) < 4.78 is 0. The minimum Gasteiger partial charge on any atom is -0.370 e. The van der Waals surface area contributed by atoms with Gasteiger partial charge in [-0.05, 0) is 31.9 Å². The van der Waals surface area contributed by atoms with Gasteiger partial charge < -0.3 is 5.73 Å². The molecule has 1 unspecified atom stereocenters. The Balaban J connectivity index is 1.70. The van der Waals surface area contributed by atoms with Gasteiger partial charge in [-0.3, -0.25) is 14.8 Å². The molecule has 0 bridgehead atoms. The van der Waals surface area contributed by atoms with Gasteiger partial charge in [0.2, 0.25) is 5.91 Å². The van der Waals surface area contributed by atoms with Gasteiger partial charge in [-0.1, -0.05) is 23.8 Å². The number of rotatable bonds is 5. The highest BCUT2D eigenvalue weighted by molar-refractivity contribution is 5.74. The third-order valence-corrected chi connectivity index (χ3v) is 4.28. The monoisotopic (exact) mass is 298 g/mol. The van der Waals surface area contributed by atoms with Crippen LogP contribution in [-0.2, 0) is 11.3 Å². The summed E-state index contributed by atoms with van der Waals surface area (Å²) in [6, 6.07) is 8.42. The van der Waals surface area contributed by atoms with Crippen molar-refractivity contribution in [2.24, 2.45) is 11.7 Å². The van der Waals surface area contributed by atoms with Gasteiger partial charge in [-0.15, -0.1) is 0 Å². The fraction of sp³-hybridized carbons (Fsp3) is 0.412. The molecular formula is C17H22N4O. The number of hydrogen-bond donors (Lipinski definition) is 2. The number of aromatic nitrogens is 2. The first-order valence-electron chi connectivity index (χ1n) is 7.72. The first kappa shape index (κ1) is 14.8. The second-order valence-corrected chi connectivity index (χ2v) is 6.20. The number of amides is 1. The zero-order valence-corrected chi connectivity index (χ0v) is 12.9. The molecule has 3 N–H and O–H groups in total. The molecule has 1 fully saturated rings. The smallest absolute Gasteiger partial charge is 0.217 e. The molecule has 1 amide bonds. The summed E-state index contributed by atoms with van der Waals surface area (Å²) in [6.45, 7) is 4.89. The molecular weight excluding hydrogens is 276 g/mol. The lowest BCUT2D eigenvalue weighted by atomic mass is 10.0. The molecule has 1 aliphatic heterocycles. The molecule has 1 saturated heterocycles. The number of benzene rings is 1. The Morgan fingerprint density at radius 3 is 3.14 bits per heavy atom. The van der Waals surface area contributed by atoms with Crippen molar-refractivity contribution in [2.45, 2.75) is 26.3 Å². The van der Waals surface area contributed by atoms with E-state index in [1.165, 1.54) is 16.7 Å². The molecule has 0 spiro atoms. The molecule has 1 atom stereocenters. The quantitative estimate of drug-likeness (QED) is 0.887. The standard InChI is InChI=1S/C17H22N4O/c1-12-3-2-4-14(7-12)17-15(9-19-20-17)11-21-6-5-13(10-21)8-16(18)22/h2-4,7,9,13H,5-6,8,10-11H2,1H3,(H2,18,22)(H,19,20). The van der Waals surface area contributed by atoms with Crippen molar-refractivity contribution < 1.29 is 4.79 Å². The van der Waals surface area contributed by atoms with E-state index in [-0.39, 0.29) is 5.91 Å². The molecule has 22 heavy (non-hydrogen) atoms. The first-order chi connectivity index (χ1) is 10.6. The highest BCUT2D eigenvalue weighted by atomic mass is 16.1. The molecule has 0 radical (unpaired) electrons. The number of H-pyrrole nitrogens is 1. The Labute approximate surface area is 130 Å². The minimum absolute atomic E-state index is 0.199. The number of aryl methyl sites for hydroxylation is 1. The maximum atomic E-state index is 11.0. The van der Waals surface area contributed by atoms with E-state index in [0.29, 0.717) is 12.3 Å². The van der Waals surface area contributed by atoms with Crippen LogP contribution in [0.1, 0.15) is 24.0 Å². The van der Waals surface area contributed by atoms with Gasteiger partial charge in [0.15, 0.2) is 0 Å². The van der Waals surface area contributed by atoms with Crippen LogP contribution in [0.5, 0.6) is 0 Å². The number of likely N-dealkylation sites (tertiary alicyclic amines) is 1. The summed E-state index contributed by atoms with van der Waals surface area (Å²) in [5.74, 6) is 0.197. The third kappa shape index (κ3) is 3.36. The summed E-state index contributed by atoms with van der Waals surface area (Å²) in [4.78, 5) is 13.4. The number of nitrogens with zero attached hydrogens (tertiary/aromatic N) is 2. The van der Waals surface area contributed by atoms with Crippen molar-refractivity contribution in [3.63, 3.8) is 0 Å². The van der Waals surface area contributed by atoms with Crippen LogP contribution in [0.25, 0.3) is 11.3 Å². The summed E-state index contributed by atoms with van der Waals surface area (Å²) in [6.07, 6.45) is 3.44. The second-order valence-electron chi connectivity index (χ2n) is 6.20. The van der Waals surface area contributed by atoms with Crippen LogP contribution in [0, 0.1) is 12.8 Å². The molecule has 2 heterocycles. The Kier molecular flexibility index (Phi) is 4.24. The maximum absolute atomic E-state index is 11.0. The molecule has 1 aromatic carbocycles. The number of hydrogen-bond acceptors (Lipinski definition) is 3. The van der Waals surface area contributed by atoms with Gasteiger partial charge in [0.25, 0.3) is 0 Å². The summed E-state index contributed by atoms with van der Waals surface area (Å²) >= 11 is 0. The lowest BCUT2D eigenvalue weighted by Crippen LogP contribution is -2.22. The van der Waals surface area contributed by atoms with Gasteiger partial charge in [0.05, 0.1) is 11.9 Å². The van der Waals surface area contributed by atoms with E-state index in [1.54, 1.807) is 0 Å². The number of nitrogens with two attached hydrogens (primary N) is 1. The summed E-state index contributed by atoms with van der Waals surface area (Å²) in [7, 11) is 0. The van der Waals surface area contributed by atoms with Crippen molar-refractivity contribution in [1.29, 1.82) is 0 Å². The van der Waals surface area contributed by atoms with Gasteiger partial charge in [-0.25, -0.2) is 0 Å². The Morgan fingerprint density at radius 2 is 2.36 bits per heavy atom. The topological polar surface area (TPSA) is 75.0 Å². The first-order valence-corrected chi connectivity index (χ1v) is 7.72. The highest BCUT2D eigenvalue weighted by Crippen LogP contribution is 2.26. The zero-order chi connectivity index (χ0) is 15.5. The summed E-state index contributed by atoms with van der Waals surface area (Å²) in [5.41, 5.74) is 9.98. The molecule has 3 rings (SSSR count). The molecule has 0 aliphatic carbocycles. The molecule has 1 aromatic heterocycles. The number of nitrogens with one attached hydrogen (secondary N) is 1. The fourth-order valence-corrected chi connectivity index (χ4v) is 3.23. The van der Waals surface area contributed by atoms with Gasteiger partial charge in [-0.2, -0.15) is 5.10 Å². The van der Waals surface area contributed by atoms with Gasteiger partial charge >= 0.3 is 0 Å². The Hall–Kier alpha value is -2.14. The van der Waals surface area contributed by atoms with E-state index in [4.69, 9.17) is 5.73 Å². The normalized spacial score (nSPS) is 18.7. The predicted molar refractivity (Wildman–Crippen MR) is 86.0 cm³/mol. The second kappa shape index (κ2) is 6.32. The van der Waals surface area contributed by atoms with E-state index in [1.807, 2.05) is 6.20 Å². The van der Waals surface area contributed by atoms with Gasteiger partial charge in [0.1, 0.15) is 0 Å². The highest BCUT2D eigenvalue weighted by Gasteiger charge is 2.24. The fourth-order valence-electron chi connectivity index (χ4n) is 3.23. The largest absolute Gasteiger partial charge is 0.370 e. The van der Waals surface area contributed by atoms with E-state index in [9.17, 15) is 4.79 Å². The lowest BCUT2D eigenvalue weighted by molar-refractivity contribution is -0.118. The average molecular weight is 298 g/mol. The lowest BCUT2D eigenvalue weighted by Gasteiger charge is -2.15. The number of primary amides is 1. The SMILES string of the molecule is Cc1cccc(-c2[nH]ncc2CN2CCC(CC(N)=O)C2)c1. The van der Waals surface area contributed by atoms with E-state index >= 15 is 0 Å². The van der Waals surface area contributed by atoms with Crippen molar-refractivity contribution in [1.82, 2.24) is 15.1 Å². The van der Waals surface area contributed by atoms with Crippen LogP contribution in [0.15, 0.2) is 30.5 Å². The average Bonchev–Trinajstić information content (AvgIpc) is 3.08. The Bertz CT molecular complexity index is 664. The van der Waals surface area contributed by atoms with E-state index in [0.717, 1.165) is 31.7 Å². The zero-order valence-electron chi connectivity index (χ0n) is 12.9. The molecule has 2 aromatic rings. The molecule has 0 saturated carbocycles.